The van der Waals surface area contributed by atoms with Gasteiger partial charge in [-0.05, 0) is 64.8 Å². The van der Waals surface area contributed by atoms with Crippen molar-refractivity contribution in [3.63, 3.8) is 0 Å². The molecule has 19 heavy (non-hydrogen) atoms. The molecule has 110 valence electrons. The van der Waals surface area contributed by atoms with Gasteiger partial charge < -0.3 is 5.32 Å². The van der Waals surface area contributed by atoms with Crippen molar-refractivity contribution in [1.29, 1.82) is 5.26 Å². The van der Waals surface area contributed by atoms with Gasteiger partial charge >= 0.3 is 0 Å². The Labute approximate surface area is 120 Å². The molecule has 0 aromatic carbocycles. The molecule has 1 fully saturated rings. The van der Waals surface area contributed by atoms with Gasteiger partial charge in [0.25, 0.3) is 0 Å². The number of unbranched alkanes of at least 4 members (excludes halogenated alkanes) is 1. The van der Waals surface area contributed by atoms with E-state index in [4.69, 9.17) is 5.26 Å². The summed E-state index contributed by atoms with van der Waals surface area (Å²) in [4.78, 5) is 0. The second-order valence-corrected chi connectivity index (χ2v) is 6.91. The highest BCUT2D eigenvalue weighted by Crippen LogP contribution is 2.27. The predicted molar refractivity (Wildman–Crippen MR) is 81.9 cm³/mol. The van der Waals surface area contributed by atoms with Crippen molar-refractivity contribution in [2.75, 3.05) is 6.54 Å². The van der Waals surface area contributed by atoms with Crippen LogP contribution in [0.15, 0.2) is 0 Å². The van der Waals surface area contributed by atoms with Crippen molar-refractivity contribution in [3.05, 3.63) is 0 Å². The van der Waals surface area contributed by atoms with Crippen LogP contribution >= 0.6 is 0 Å². The molecule has 0 spiro atoms. The highest BCUT2D eigenvalue weighted by atomic mass is 14.9. The summed E-state index contributed by atoms with van der Waals surface area (Å²) in [6, 6.07) is 3.14. The predicted octanol–water partition coefficient (Wildman–Crippen LogP) is 4.65. The number of rotatable bonds is 8. The zero-order chi connectivity index (χ0) is 14.1. The Morgan fingerprint density at radius 2 is 1.84 bits per heavy atom. The van der Waals surface area contributed by atoms with E-state index in [0.717, 1.165) is 24.9 Å². The molecule has 0 aromatic rings. The van der Waals surface area contributed by atoms with Crippen molar-refractivity contribution < 1.29 is 0 Å². The summed E-state index contributed by atoms with van der Waals surface area (Å²) in [5.41, 5.74) is -0.141. The van der Waals surface area contributed by atoms with Gasteiger partial charge in [0, 0.05) is 6.04 Å². The van der Waals surface area contributed by atoms with E-state index in [1.165, 1.54) is 51.4 Å². The Morgan fingerprint density at radius 3 is 2.42 bits per heavy atom. The van der Waals surface area contributed by atoms with Crippen LogP contribution < -0.4 is 5.32 Å². The van der Waals surface area contributed by atoms with E-state index in [1.54, 1.807) is 0 Å². The summed E-state index contributed by atoms with van der Waals surface area (Å²) in [5.74, 6) is 1.000. The third-order valence-corrected chi connectivity index (χ3v) is 4.51. The first-order chi connectivity index (χ1) is 9.07. The van der Waals surface area contributed by atoms with Gasteiger partial charge in [-0.1, -0.05) is 26.2 Å². The van der Waals surface area contributed by atoms with Gasteiger partial charge in [-0.15, -0.1) is 0 Å². The quantitative estimate of drug-likeness (QED) is 0.647. The summed E-state index contributed by atoms with van der Waals surface area (Å²) < 4.78 is 0. The van der Waals surface area contributed by atoms with Crippen LogP contribution in [0.3, 0.4) is 0 Å². The van der Waals surface area contributed by atoms with Crippen LogP contribution in [0.2, 0.25) is 0 Å². The van der Waals surface area contributed by atoms with Crippen molar-refractivity contribution in [1.82, 2.24) is 5.32 Å². The Morgan fingerprint density at radius 1 is 1.16 bits per heavy atom. The van der Waals surface area contributed by atoms with Gasteiger partial charge in [-0.3, -0.25) is 0 Å². The molecule has 1 rings (SSSR count). The van der Waals surface area contributed by atoms with Crippen LogP contribution in [0.5, 0.6) is 0 Å². The lowest BCUT2D eigenvalue weighted by Gasteiger charge is -2.29. The summed E-state index contributed by atoms with van der Waals surface area (Å²) in [7, 11) is 0. The molecule has 0 heterocycles. The van der Waals surface area contributed by atoms with Gasteiger partial charge in [-0.25, -0.2) is 0 Å². The van der Waals surface area contributed by atoms with Crippen LogP contribution in [0, 0.1) is 22.7 Å². The maximum absolute atomic E-state index is 8.96. The fourth-order valence-electron chi connectivity index (χ4n) is 3.12. The standard InChI is InChI=1S/C17H32N2/c1-4-7-15-8-10-16(11-9-15)19-13-6-5-12-17(2,3)14-18/h15-16,19H,4-13H2,1-3H3. The zero-order valence-corrected chi connectivity index (χ0v) is 13.2. The smallest absolute Gasteiger partial charge is 0.0683 e. The van der Waals surface area contributed by atoms with Crippen molar-refractivity contribution in [2.24, 2.45) is 11.3 Å². The Hall–Kier alpha value is -0.550. The van der Waals surface area contributed by atoms with Crippen molar-refractivity contribution >= 4 is 0 Å². The minimum Gasteiger partial charge on any atom is -0.314 e. The van der Waals surface area contributed by atoms with Gasteiger partial charge in [0.2, 0.25) is 0 Å². The molecule has 0 atom stereocenters. The number of hydrogen-bond acceptors (Lipinski definition) is 2. The van der Waals surface area contributed by atoms with E-state index in [2.05, 4.69) is 18.3 Å². The molecular formula is C17H32N2. The van der Waals surface area contributed by atoms with Crippen molar-refractivity contribution in [2.45, 2.75) is 84.6 Å². The van der Waals surface area contributed by atoms with Gasteiger partial charge in [-0.2, -0.15) is 5.26 Å². The second-order valence-electron chi connectivity index (χ2n) is 6.91. The molecule has 2 heteroatoms. The van der Waals surface area contributed by atoms with Gasteiger partial charge in [0.1, 0.15) is 0 Å². The largest absolute Gasteiger partial charge is 0.314 e. The molecular weight excluding hydrogens is 232 g/mol. The number of nitrogens with zero attached hydrogens (tertiary/aromatic N) is 1. The van der Waals surface area contributed by atoms with E-state index in [0.29, 0.717) is 0 Å². The van der Waals surface area contributed by atoms with Crippen LogP contribution in [-0.4, -0.2) is 12.6 Å². The minimum atomic E-state index is -0.141. The fourth-order valence-corrected chi connectivity index (χ4v) is 3.12. The molecule has 0 aromatic heterocycles. The van der Waals surface area contributed by atoms with E-state index in [9.17, 15) is 0 Å². The molecule has 0 aliphatic heterocycles. The lowest BCUT2D eigenvalue weighted by Crippen LogP contribution is -2.33. The first-order valence-corrected chi connectivity index (χ1v) is 8.22. The third-order valence-electron chi connectivity index (χ3n) is 4.51. The Bertz CT molecular complexity index is 269. The molecule has 1 saturated carbocycles. The first kappa shape index (κ1) is 16.5. The Balaban J connectivity index is 2.01. The van der Waals surface area contributed by atoms with E-state index < -0.39 is 0 Å². The van der Waals surface area contributed by atoms with E-state index >= 15 is 0 Å². The van der Waals surface area contributed by atoms with Gasteiger partial charge in [0.05, 0.1) is 11.5 Å². The molecule has 0 radical (unpaired) electrons. The number of hydrogen-bond donors (Lipinski definition) is 1. The fraction of sp³-hybridized carbons (Fsp3) is 0.941. The van der Waals surface area contributed by atoms with Crippen LogP contribution in [0.1, 0.15) is 78.6 Å². The molecule has 0 amide bonds. The average molecular weight is 264 g/mol. The number of nitriles is 1. The molecule has 1 N–H and O–H groups in total. The lowest BCUT2D eigenvalue weighted by molar-refractivity contribution is 0.277. The summed E-state index contributed by atoms with van der Waals surface area (Å²) >= 11 is 0. The first-order valence-electron chi connectivity index (χ1n) is 8.22. The normalized spacial score (nSPS) is 24.1. The highest BCUT2D eigenvalue weighted by Gasteiger charge is 2.20. The number of nitrogens with one attached hydrogen (secondary N) is 1. The van der Waals surface area contributed by atoms with E-state index in [-0.39, 0.29) is 5.41 Å². The molecule has 2 nitrogen and oxygen atoms in total. The molecule has 1 aliphatic carbocycles. The summed E-state index contributed by atoms with van der Waals surface area (Å²) in [5, 5.41) is 12.7. The Kier molecular flexibility index (Phi) is 7.46. The summed E-state index contributed by atoms with van der Waals surface area (Å²) in [6.07, 6.45) is 11.8. The topological polar surface area (TPSA) is 35.8 Å². The lowest BCUT2D eigenvalue weighted by atomic mass is 9.83. The average Bonchev–Trinajstić information content (AvgIpc) is 2.40. The van der Waals surface area contributed by atoms with E-state index in [1.807, 2.05) is 13.8 Å². The molecule has 1 aliphatic rings. The molecule has 0 saturated heterocycles. The highest BCUT2D eigenvalue weighted by molar-refractivity contribution is 4.91. The second kappa shape index (κ2) is 8.59. The van der Waals surface area contributed by atoms with Gasteiger partial charge in [0.15, 0.2) is 0 Å². The van der Waals surface area contributed by atoms with Crippen molar-refractivity contribution in [3.8, 4) is 6.07 Å². The van der Waals surface area contributed by atoms with Crippen LogP contribution in [0.25, 0.3) is 0 Å². The summed E-state index contributed by atoms with van der Waals surface area (Å²) in [6.45, 7) is 7.50. The molecule has 0 unspecified atom stereocenters. The SMILES string of the molecule is CCCC1CCC(NCCCCC(C)(C)C#N)CC1. The maximum Gasteiger partial charge on any atom is 0.0683 e. The van der Waals surface area contributed by atoms with Crippen LogP contribution in [-0.2, 0) is 0 Å². The van der Waals surface area contributed by atoms with Crippen LogP contribution in [0.4, 0.5) is 0 Å². The third kappa shape index (κ3) is 6.97. The molecule has 0 bridgehead atoms. The monoisotopic (exact) mass is 264 g/mol. The zero-order valence-electron chi connectivity index (χ0n) is 13.2. The maximum atomic E-state index is 8.96. The minimum absolute atomic E-state index is 0.141.